The lowest BCUT2D eigenvalue weighted by Crippen LogP contribution is -2.10. The van der Waals surface area contributed by atoms with E-state index in [0.29, 0.717) is 0 Å². The maximum absolute atomic E-state index is 2.41. The number of benzene rings is 7. The molecule has 0 fully saturated rings. The van der Waals surface area contributed by atoms with Crippen LogP contribution < -0.4 is 4.90 Å². The van der Waals surface area contributed by atoms with Crippen LogP contribution in [0.1, 0.15) is 0 Å². The Morgan fingerprint density at radius 3 is 1.32 bits per heavy atom. The summed E-state index contributed by atoms with van der Waals surface area (Å²) in [6.45, 7) is 0. The lowest BCUT2D eigenvalue weighted by atomic mass is 10.0. The molecule has 0 radical (unpaired) electrons. The van der Waals surface area contributed by atoms with Crippen LogP contribution in [-0.4, -0.2) is 0 Å². The zero-order valence-corrected chi connectivity index (χ0v) is 24.9. The maximum Gasteiger partial charge on any atom is 0.0554 e. The van der Waals surface area contributed by atoms with Crippen LogP contribution in [0.2, 0.25) is 0 Å². The molecule has 1 heterocycles. The largest absolute Gasteiger partial charge is 0.310 e. The van der Waals surface area contributed by atoms with Crippen LogP contribution in [0.5, 0.6) is 0 Å². The Morgan fingerprint density at radius 2 is 0.795 bits per heavy atom. The van der Waals surface area contributed by atoms with Crippen molar-refractivity contribution in [3.8, 4) is 33.4 Å². The average molecular weight is 580 g/mol. The van der Waals surface area contributed by atoms with E-state index in [0.717, 1.165) is 11.4 Å². The molecule has 0 bridgehead atoms. The van der Waals surface area contributed by atoms with E-state index in [1.807, 2.05) is 11.3 Å². The predicted molar refractivity (Wildman–Crippen MR) is 190 cm³/mol. The van der Waals surface area contributed by atoms with Crippen LogP contribution in [0.4, 0.5) is 17.1 Å². The second-order valence-corrected chi connectivity index (χ2v) is 12.1. The fourth-order valence-electron chi connectivity index (χ4n) is 6.10. The van der Waals surface area contributed by atoms with Crippen molar-refractivity contribution in [2.75, 3.05) is 4.90 Å². The van der Waals surface area contributed by atoms with E-state index < -0.39 is 0 Å². The van der Waals surface area contributed by atoms with Gasteiger partial charge in [0.1, 0.15) is 0 Å². The molecule has 0 N–H and O–H groups in total. The molecule has 0 saturated heterocycles. The van der Waals surface area contributed by atoms with Gasteiger partial charge in [-0.1, -0.05) is 133 Å². The highest BCUT2D eigenvalue weighted by atomic mass is 32.1. The minimum atomic E-state index is 1.13. The highest BCUT2D eigenvalue weighted by Crippen LogP contribution is 2.46. The first-order chi connectivity index (χ1) is 21.8. The number of fused-ring (bicyclic) bond motifs is 3. The van der Waals surface area contributed by atoms with Gasteiger partial charge < -0.3 is 4.90 Å². The second kappa shape index (κ2) is 11.3. The number of rotatable bonds is 6. The third-order valence-corrected chi connectivity index (χ3v) is 9.41. The van der Waals surface area contributed by atoms with Crippen molar-refractivity contribution in [1.82, 2.24) is 0 Å². The summed E-state index contributed by atoms with van der Waals surface area (Å²) in [5.41, 5.74) is 10.8. The zero-order chi connectivity index (χ0) is 29.3. The van der Waals surface area contributed by atoms with Crippen LogP contribution in [0, 0.1) is 0 Å². The van der Waals surface area contributed by atoms with E-state index in [1.165, 1.54) is 59.2 Å². The first-order valence-electron chi connectivity index (χ1n) is 14.9. The van der Waals surface area contributed by atoms with Gasteiger partial charge in [0.05, 0.1) is 5.69 Å². The van der Waals surface area contributed by atoms with Gasteiger partial charge in [-0.2, -0.15) is 0 Å². The molecule has 0 aliphatic carbocycles. The summed E-state index contributed by atoms with van der Waals surface area (Å²) >= 11 is 1.87. The summed E-state index contributed by atoms with van der Waals surface area (Å²) in [4.78, 5) is 2.41. The molecule has 8 rings (SSSR count). The van der Waals surface area contributed by atoms with Gasteiger partial charge in [0, 0.05) is 31.5 Å². The molecule has 0 saturated carbocycles. The molecule has 0 aliphatic heterocycles. The van der Waals surface area contributed by atoms with Gasteiger partial charge in [0.25, 0.3) is 0 Å². The van der Waals surface area contributed by atoms with Crippen molar-refractivity contribution in [2.45, 2.75) is 0 Å². The van der Waals surface area contributed by atoms with Gasteiger partial charge in [0.15, 0.2) is 0 Å². The van der Waals surface area contributed by atoms with Gasteiger partial charge in [0.2, 0.25) is 0 Å². The summed E-state index contributed by atoms with van der Waals surface area (Å²) in [5.74, 6) is 0. The number of anilines is 3. The van der Waals surface area contributed by atoms with Crippen molar-refractivity contribution in [2.24, 2.45) is 0 Å². The molecule has 7 aromatic carbocycles. The fourth-order valence-corrected chi connectivity index (χ4v) is 7.26. The van der Waals surface area contributed by atoms with E-state index in [4.69, 9.17) is 0 Å². The molecule has 8 aromatic rings. The lowest BCUT2D eigenvalue weighted by molar-refractivity contribution is 1.30. The van der Waals surface area contributed by atoms with Crippen LogP contribution in [0.25, 0.3) is 53.6 Å². The first kappa shape index (κ1) is 26.2. The molecule has 1 nitrogen and oxygen atoms in total. The number of nitrogens with zero attached hydrogens (tertiary/aromatic N) is 1. The fraction of sp³-hybridized carbons (Fsp3) is 0. The number of hydrogen-bond donors (Lipinski definition) is 0. The van der Waals surface area contributed by atoms with Crippen molar-refractivity contribution in [3.05, 3.63) is 176 Å². The molecule has 44 heavy (non-hydrogen) atoms. The first-order valence-corrected chi connectivity index (χ1v) is 15.8. The van der Waals surface area contributed by atoms with Crippen molar-refractivity contribution in [3.63, 3.8) is 0 Å². The summed E-state index contributed by atoms with van der Waals surface area (Å²) in [6.07, 6.45) is 0. The number of hydrogen-bond acceptors (Lipinski definition) is 2. The van der Waals surface area contributed by atoms with Gasteiger partial charge in [-0.15, -0.1) is 11.3 Å². The Bertz CT molecular complexity index is 2100. The second-order valence-electron chi connectivity index (χ2n) is 11.0. The minimum Gasteiger partial charge on any atom is -0.310 e. The monoisotopic (exact) mass is 579 g/mol. The average Bonchev–Trinajstić information content (AvgIpc) is 3.49. The molecular weight excluding hydrogens is 551 g/mol. The highest BCUT2D eigenvalue weighted by Gasteiger charge is 2.19. The van der Waals surface area contributed by atoms with Crippen molar-refractivity contribution < 1.29 is 0 Å². The van der Waals surface area contributed by atoms with Gasteiger partial charge in [-0.3, -0.25) is 0 Å². The molecule has 0 unspecified atom stereocenters. The maximum atomic E-state index is 2.41. The Labute approximate surface area is 261 Å². The third kappa shape index (κ3) is 4.86. The predicted octanol–water partition coefficient (Wildman–Crippen LogP) is 12.5. The van der Waals surface area contributed by atoms with Crippen LogP contribution in [-0.2, 0) is 0 Å². The Balaban J connectivity index is 1.29. The quantitative estimate of drug-likeness (QED) is 0.189. The topological polar surface area (TPSA) is 3.24 Å². The smallest absolute Gasteiger partial charge is 0.0554 e. The van der Waals surface area contributed by atoms with E-state index in [2.05, 4.69) is 181 Å². The summed E-state index contributed by atoms with van der Waals surface area (Å²) in [5, 5.41) is 2.57. The molecule has 0 aliphatic rings. The third-order valence-electron chi connectivity index (χ3n) is 8.29. The van der Waals surface area contributed by atoms with Crippen LogP contribution in [0.3, 0.4) is 0 Å². The number of thiophene rings is 1. The molecule has 2 heteroatoms. The lowest BCUT2D eigenvalue weighted by Gasteiger charge is -2.27. The zero-order valence-electron chi connectivity index (χ0n) is 24.1. The summed E-state index contributed by atoms with van der Waals surface area (Å²) in [7, 11) is 0. The van der Waals surface area contributed by atoms with Crippen LogP contribution >= 0.6 is 11.3 Å². The standard InChI is InChI=1S/C42H29NS/c1-4-11-30(12-5-1)33-19-24-36(25-20-33)43(37-26-21-34(22-27-37)31-13-6-2-7-14-31)39-17-10-18-40-42(39)38-28-23-35(29-41(38)44-40)32-15-8-3-9-16-32/h1-29H. The van der Waals surface area contributed by atoms with Crippen LogP contribution in [0.15, 0.2) is 176 Å². The molecule has 208 valence electrons. The SMILES string of the molecule is c1ccc(-c2ccc(N(c3ccc(-c4ccccc4)cc3)c3cccc4sc5cc(-c6ccccc6)ccc5c34)cc2)cc1. The van der Waals surface area contributed by atoms with E-state index >= 15 is 0 Å². The van der Waals surface area contributed by atoms with Gasteiger partial charge in [-0.05, 0) is 75.8 Å². The van der Waals surface area contributed by atoms with Crippen molar-refractivity contribution >= 4 is 48.6 Å². The van der Waals surface area contributed by atoms with E-state index in [9.17, 15) is 0 Å². The highest BCUT2D eigenvalue weighted by molar-refractivity contribution is 7.26. The molecule has 1 aromatic heterocycles. The minimum absolute atomic E-state index is 1.13. The molecule has 0 amide bonds. The van der Waals surface area contributed by atoms with E-state index in [-0.39, 0.29) is 0 Å². The Morgan fingerprint density at radius 1 is 0.341 bits per heavy atom. The van der Waals surface area contributed by atoms with Gasteiger partial charge >= 0.3 is 0 Å². The summed E-state index contributed by atoms with van der Waals surface area (Å²) in [6, 6.07) is 63.3. The molecule has 0 spiro atoms. The summed E-state index contributed by atoms with van der Waals surface area (Å²) < 4.78 is 2.59. The van der Waals surface area contributed by atoms with Gasteiger partial charge in [-0.25, -0.2) is 0 Å². The molecular formula is C42H29NS. The normalized spacial score (nSPS) is 11.2. The molecule has 0 atom stereocenters. The van der Waals surface area contributed by atoms with Crippen molar-refractivity contribution in [1.29, 1.82) is 0 Å². The van der Waals surface area contributed by atoms with E-state index in [1.54, 1.807) is 0 Å². The Hall–Kier alpha value is -5.44. The Kier molecular flexibility index (Phi) is 6.75.